The average molecular weight is 582 g/mol. The Balaban J connectivity index is 1.04. The first kappa shape index (κ1) is 28.8. The monoisotopic (exact) mass is 581 g/mol. The number of para-hydroxylation sites is 1. The van der Waals surface area contributed by atoms with Crippen LogP contribution in [0.1, 0.15) is 44.6 Å². The van der Waals surface area contributed by atoms with Gasteiger partial charge >= 0.3 is 0 Å². The maximum absolute atomic E-state index is 10.9. The van der Waals surface area contributed by atoms with Crippen LogP contribution in [0.15, 0.2) is 78.2 Å². The second-order valence-electron chi connectivity index (χ2n) is 11.1. The standard InChI is InChI=1S/C35H39N3O3S/c1-40-24-34-36-29(25-42-34)17-16-28-10-4-7-13-33(28)41-23-30(39)22-37-18-20-38(21-19-37)35-31-11-5-2-8-26(31)14-15-27-9-3-6-12-32(27)35/h2-13,16-17,25,30,35,39H,14-15,18-24H2,1H3. The maximum atomic E-state index is 10.9. The fourth-order valence-corrected chi connectivity index (χ4v) is 6.88. The van der Waals surface area contributed by atoms with E-state index >= 15 is 0 Å². The zero-order valence-electron chi connectivity index (χ0n) is 24.2. The lowest BCUT2D eigenvalue weighted by Gasteiger charge is -2.40. The lowest BCUT2D eigenvalue weighted by molar-refractivity contribution is 0.0400. The minimum absolute atomic E-state index is 0.253. The van der Waals surface area contributed by atoms with E-state index in [2.05, 4.69) is 63.3 Å². The second kappa shape index (κ2) is 13.8. The normalized spacial score (nSPS) is 17.1. The Labute approximate surface area is 252 Å². The van der Waals surface area contributed by atoms with Crippen LogP contribution in [0.4, 0.5) is 0 Å². The molecule has 3 aromatic carbocycles. The molecular weight excluding hydrogens is 542 g/mol. The van der Waals surface area contributed by atoms with Crippen molar-refractivity contribution in [2.75, 3.05) is 46.4 Å². The Kier molecular flexibility index (Phi) is 9.43. The van der Waals surface area contributed by atoms with E-state index in [-0.39, 0.29) is 12.6 Å². The molecule has 1 fully saturated rings. The number of piperazine rings is 1. The van der Waals surface area contributed by atoms with Gasteiger partial charge in [0.2, 0.25) is 0 Å². The van der Waals surface area contributed by atoms with Crippen LogP contribution in [-0.2, 0) is 24.2 Å². The van der Waals surface area contributed by atoms with Gasteiger partial charge in [-0.25, -0.2) is 4.98 Å². The van der Waals surface area contributed by atoms with Gasteiger partial charge in [-0.2, -0.15) is 0 Å². The van der Waals surface area contributed by atoms with Crippen molar-refractivity contribution in [3.63, 3.8) is 0 Å². The summed E-state index contributed by atoms with van der Waals surface area (Å²) in [6.45, 7) is 5.17. The predicted octanol–water partition coefficient (Wildman–Crippen LogP) is 5.71. The molecule has 1 aliphatic carbocycles. The molecule has 2 heterocycles. The molecule has 0 amide bonds. The number of aliphatic hydroxyl groups excluding tert-OH is 1. The van der Waals surface area contributed by atoms with Crippen LogP contribution in [0.3, 0.4) is 0 Å². The summed E-state index contributed by atoms with van der Waals surface area (Å²) in [6, 6.07) is 26.1. The topological polar surface area (TPSA) is 58.1 Å². The number of aromatic nitrogens is 1. The van der Waals surface area contributed by atoms with Gasteiger partial charge in [0.05, 0.1) is 18.3 Å². The minimum Gasteiger partial charge on any atom is -0.490 e. The molecule has 42 heavy (non-hydrogen) atoms. The predicted molar refractivity (Wildman–Crippen MR) is 170 cm³/mol. The molecule has 1 atom stereocenters. The van der Waals surface area contributed by atoms with Crippen molar-refractivity contribution in [1.82, 2.24) is 14.8 Å². The van der Waals surface area contributed by atoms with Crippen molar-refractivity contribution in [3.05, 3.63) is 117 Å². The number of methoxy groups -OCH3 is 1. The maximum Gasteiger partial charge on any atom is 0.126 e. The number of nitrogens with zero attached hydrogens (tertiary/aromatic N) is 3. The number of benzene rings is 3. The molecule has 7 heteroatoms. The SMILES string of the molecule is COCc1nc(C=Cc2ccccc2OCC(O)CN2CCN(C3c4ccccc4CCc4ccccc43)CC2)cs1. The summed E-state index contributed by atoms with van der Waals surface area (Å²) < 4.78 is 11.3. The lowest BCUT2D eigenvalue weighted by Crippen LogP contribution is -2.50. The van der Waals surface area contributed by atoms with Crippen molar-refractivity contribution in [2.24, 2.45) is 0 Å². The molecule has 1 aliphatic heterocycles. The van der Waals surface area contributed by atoms with Crippen LogP contribution >= 0.6 is 11.3 Å². The van der Waals surface area contributed by atoms with Crippen molar-refractivity contribution in [1.29, 1.82) is 0 Å². The number of β-amino-alcohol motifs (C(OH)–C–C–N with tert-alkyl or cyclic N) is 1. The van der Waals surface area contributed by atoms with E-state index in [0.29, 0.717) is 13.2 Å². The van der Waals surface area contributed by atoms with Gasteiger partial charge in [0.1, 0.15) is 23.5 Å². The van der Waals surface area contributed by atoms with Crippen LogP contribution in [0.2, 0.25) is 0 Å². The zero-order chi connectivity index (χ0) is 28.7. The first-order valence-corrected chi connectivity index (χ1v) is 15.7. The van der Waals surface area contributed by atoms with Gasteiger partial charge in [-0.05, 0) is 53.3 Å². The number of thiazole rings is 1. The zero-order valence-corrected chi connectivity index (χ0v) is 25.0. The van der Waals surface area contributed by atoms with Crippen LogP contribution in [-0.4, -0.2) is 72.4 Å². The summed E-state index contributed by atoms with van der Waals surface area (Å²) in [7, 11) is 1.68. The summed E-state index contributed by atoms with van der Waals surface area (Å²) in [5, 5.41) is 13.9. The van der Waals surface area contributed by atoms with E-state index in [9.17, 15) is 5.11 Å². The molecule has 218 valence electrons. The van der Waals surface area contributed by atoms with Gasteiger partial charge in [0.25, 0.3) is 0 Å². The van der Waals surface area contributed by atoms with Gasteiger partial charge in [-0.15, -0.1) is 11.3 Å². The average Bonchev–Trinajstić information content (AvgIpc) is 3.40. The molecule has 1 N–H and O–H groups in total. The number of fused-ring (bicyclic) bond motifs is 2. The van der Waals surface area contributed by atoms with E-state index in [1.165, 1.54) is 22.3 Å². The lowest BCUT2D eigenvalue weighted by atomic mass is 9.92. The smallest absolute Gasteiger partial charge is 0.126 e. The number of aliphatic hydroxyl groups is 1. The Bertz CT molecular complexity index is 1450. The number of ether oxygens (including phenoxy) is 2. The summed E-state index contributed by atoms with van der Waals surface area (Å²) in [5.74, 6) is 0.760. The van der Waals surface area contributed by atoms with Crippen LogP contribution in [0.5, 0.6) is 5.75 Å². The van der Waals surface area contributed by atoms with Crippen molar-refractivity contribution in [2.45, 2.75) is 31.6 Å². The molecule has 1 saturated heterocycles. The molecule has 6 rings (SSSR count). The Morgan fingerprint density at radius 2 is 1.57 bits per heavy atom. The minimum atomic E-state index is -0.567. The highest BCUT2D eigenvalue weighted by molar-refractivity contribution is 7.09. The third-order valence-corrected chi connectivity index (χ3v) is 9.07. The Hall–Kier alpha value is -3.33. The van der Waals surface area contributed by atoms with Gasteiger partial charge in [-0.1, -0.05) is 66.7 Å². The van der Waals surface area contributed by atoms with E-state index in [1.807, 2.05) is 41.8 Å². The summed E-state index contributed by atoms with van der Waals surface area (Å²) in [5.41, 5.74) is 7.68. The quantitative estimate of drug-likeness (QED) is 0.259. The van der Waals surface area contributed by atoms with E-state index < -0.39 is 6.10 Å². The third kappa shape index (κ3) is 6.83. The molecule has 0 spiro atoms. The number of hydrogen-bond donors (Lipinski definition) is 1. The van der Waals surface area contributed by atoms with Crippen LogP contribution in [0, 0.1) is 0 Å². The Morgan fingerprint density at radius 3 is 2.29 bits per heavy atom. The van der Waals surface area contributed by atoms with Gasteiger partial charge in [0.15, 0.2) is 0 Å². The Morgan fingerprint density at radius 1 is 0.905 bits per heavy atom. The van der Waals surface area contributed by atoms with Crippen molar-refractivity contribution >= 4 is 23.5 Å². The summed E-state index contributed by atoms with van der Waals surface area (Å²) in [6.07, 6.45) is 5.61. The van der Waals surface area contributed by atoms with Gasteiger partial charge < -0.3 is 14.6 Å². The molecule has 4 aromatic rings. The first-order chi connectivity index (χ1) is 20.7. The molecule has 2 aliphatic rings. The largest absolute Gasteiger partial charge is 0.490 e. The summed E-state index contributed by atoms with van der Waals surface area (Å²) >= 11 is 1.59. The second-order valence-corrected chi connectivity index (χ2v) is 12.0. The molecule has 0 saturated carbocycles. The van der Waals surface area contributed by atoms with E-state index in [0.717, 1.165) is 61.0 Å². The van der Waals surface area contributed by atoms with E-state index in [4.69, 9.17) is 9.47 Å². The fraction of sp³-hybridized carbons (Fsp3) is 0.343. The molecular formula is C35H39N3O3S. The van der Waals surface area contributed by atoms with Gasteiger partial charge in [-0.3, -0.25) is 9.80 Å². The van der Waals surface area contributed by atoms with Crippen molar-refractivity contribution in [3.8, 4) is 5.75 Å². The third-order valence-electron chi connectivity index (χ3n) is 8.23. The first-order valence-electron chi connectivity index (χ1n) is 14.8. The van der Waals surface area contributed by atoms with Crippen molar-refractivity contribution < 1.29 is 14.6 Å². The highest BCUT2D eigenvalue weighted by atomic mass is 32.1. The molecule has 0 radical (unpaired) electrons. The van der Waals surface area contributed by atoms with Gasteiger partial charge in [0, 0.05) is 50.8 Å². The highest BCUT2D eigenvalue weighted by Gasteiger charge is 2.31. The number of aryl methyl sites for hydroxylation is 2. The fourth-order valence-electron chi connectivity index (χ4n) is 6.14. The van der Waals surface area contributed by atoms with Crippen LogP contribution in [0.25, 0.3) is 12.2 Å². The number of hydrogen-bond acceptors (Lipinski definition) is 7. The molecule has 0 bridgehead atoms. The van der Waals surface area contributed by atoms with E-state index in [1.54, 1.807) is 18.4 Å². The number of rotatable bonds is 10. The van der Waals surface area contributed by atoms with Crippen LogP contribution < -0.4 is 4.74 Å². The molecule has 1 aromatic heterocycles. The molecule has 6 nitrogen and oxygen atoms in total. The highest BCUT2D eigenvalue weighted by Crippen LogP contribution is 2.37. The molecule has 1 unspecified atom stereocenters. The summed E-state index contributed by atoms with van der Waals surface area (Å²) in [4.78, 5) is 9.56.